The lowest BCUT2D eigenvalue weighted by Crippen LogP contribution is -2.26. The SMILES string of the molecule is CCc1cc(Br)cc(C)c1NC(=O)CCc1ccc(S(=O)(=O)N[C@H](C)c2ccccc2)cc1. The molecule has 0 saturated carbocycles. The van der Waals surface area contributed by atoms with Crippen LogP contribution in [0.4, 0.5) is 5.69 Å². The van der Waals surface area contributed by atoms with Gasteiger partial charge in [-0.05, 0) is 73.2 Å². The van der Waals surface area contributed by atoms with Crippen LogP contribution in [0.25, 0.3) is 0 Å². The molecule has 33 heavy (non-hydrogen) atoms. The molecule has 0 radical (unpaired) electrons. The van der Waals surface area contributed by atoms with Gasteiger partial charge in [-0.1, -0.05) is 65.3 Å². The molecule has 0 spiro atoms. The predicted octanol–water partition coefficient (Wildman–Crippen LogP) is 5.93. The quantitative estimate of drug-likeness (QED) is 0.361. The average Bonchev–Trinajstić information content (AvgIpc) is 2.79. The topological polar surface area (TPSA) is 75.3 Å². The van der Waals surface area contributed by atoms with Crippen LogP contribution in [0.15, 0.2) is 76.1 Å². The van der Waals surface area contributed by atoms with Crippen LogP contribution in [-0.4, -0.2) is 14.3 Å². The summed E-state index contributed by atoms with van der Waals surface area (Å²) in [6.45, 7) is 5.85. The van der Waals surface area contributed by atoms with Gasteiger partial charge in [0.2, 0.25) is 15.9 Å². The summed E-state index contributed by atoms with van der Waals surface area (Å²) >= 11 is 3.50. The summed E-state index contributed by atoms with van der Waals surface area (Å²) in [5.74, 6) is -0.0647. The van der Waals surface area contributed by atoms with Crippen molar-refractivity contribution >= 4 is 37.5 Å². The normalized spacial score (nSPS) is 12.4. The van der Waals surface area contributed by atoms with Gasteiger partial charge in [-0.3, -0.25) is 4.79 Å². The first-order valence-electron chi connectivity index (χ1n) is 10.9. The fraction of sp³-hybridized carbons (Fsp3) is 0.269. The first-order valence-corrected chi connectivity index (χ1v) is 13.2. The van der Waals surface area contributed by atoms with Crippen LogP contribution in [0.1, 0.15) is 48.6 Å². The Morgan fingerprint density at radius 1 is 1.03 bits per heavy atom. The van der Waals surface area contributed by atoms with E-state index < -0.39 is 10.0 Å². The van der Waals surface area contributed by atoms with Crippen molar-refractivity contribution < 1.29 is 13.2 Å². The Hall–Kier alpha value is -2.48. The van der Waals surface area contributed by atoms with Crippen LogP contribution < -0.4 is 10.0 Å². The molecule has 0 bridgehead atoms. The van der Waals surface area contributed by atoms with E-state index in [1.54, 1.807) is 24.3 Å². The predicted molar refractivity (Wildman–Crippen MR) is 137 cm³/mol. The minimum absolute atomic E-state index is 0.0647. The Morgan fingerprint density at radius 3 is 2.33 bits per heavy atom. The number of carbonyl (C=O) groups is 1. The van der Waals surface area contributed by atoms with Gasteiger partial charge >= 0.3 is 0 Å². The summed E-state index contributed by atoms with van der Waals surface area (Å²) in [5, 5.41) is 3.03. The van der Waals surface area contributed by atoms with Gasteiger partial charge in [0.1, 0.15) is 0 Å². The standard InChI is InChI=1S/C26H29BrN2O3S/c1-4-21-17-23(27)16-18(2)26(21)28-25(30)15-12-20-10-13-24(14-11-20)33(31,32)29-19(3)22-8-6-5-7-9-22/h5-11,13-14,16-17,19,29H,4,12,15H2,1-3H3,(H,28,30)/t19-/m1/s1. The molecule has 7 heteroatoms. The molecule has 2 N–H and O–H groups in total. The van der Waals surface area contributed by atoms with Crippen LogP contribution in [0.3, 0.4) is 0 Å². The van der Waals surface area contributed by atoms with Gasteiger partial charge in [0.25, 0.3) is 0 Å². The van der Waals surface area contributed by atoms with E-state index in [9.17, 15) is 13.2 Å². The Bertz CT molecular complexity index is 1210. The molecule has 0 fully saturated rings. The van der Waals surface area contributed by atoms with Crippen molar-refractivity contribution in [3.05, 3.63) is 93.5 Å². The highest BCUT2D eigenvalue weighted by atomic mass is 79.9. The molecule has 0 aliphatic heterocycles. The van der Waals surface area contributed by atoms with E-state index in [0.29, 0.717) is 12.8 Å². The second-order valence-electron chi connectivity index (χ2n) is 8.06. The van der Waals surface area contributed by atoms with Gasteiger partial charge < -0.3 is 5.32 Å². The lowest BCUT2D eigenvalue weighted by atomic mass is 10.1. The van der Waals surface area contributed by atoms with E-state index in [-0.39, 0.29) is 16.8 Å². The molecular formula is C26H29BrN2O3S. The van der Waals surface area contributed by atoms with Crippen molar-refractivity contribution in [2.45, 2.75) is 51.0 Å². The van der Waals surface area contributed by atoms with E-state index in [1.807, 2.05) is 56.3 Å². The zero-order valence-corrected chi connectivity index (χ0v) is 21.5. The number of nitrogens with one attached hydrogen (secondary N) is 2. The summed E-state index contributed by atoms with van der Waals surface area (Å²) in [5.41, 5.74) is 4.77. The van der Waals surface area contributed by atoms with Crippen molar-refractivity contribution in [1.29, 1.82) is 0 Å². The molecule has 3 rings (SSSR count). The molecule has 0 aromatic heterocycles. The van der Waals surface area contributed by atoms with Crippen molar-refractivity contribution in [1.82, 2.24) is 4.72 Å². The zero-order valence-electron chi connectivity index (χ0n) is 19.1. The third-order valence-electron chi connectivity index (χ3n) is 5.53. The van der Waals surface area contributed by atoms with Crippen LogP contribution in [0.5, 0.6) is 0 Å². The summed E-state index contributed by atoms with van der Waals surface area (Å²) in [7, 11) is -3.65. The maximum Gasteiger partial charge on any atom is 0.241 e. The summed E-state index contributed by atoms with van der Waals surface area (Å²) < 4.78 is 29.2. The summed E-state index contributed by atoms with van der Waals surface area (Å²) in [4.78, 5) is 12.7. The van der Waals surface area contributed by atoms with Crippen LogP contribution in [0, 0.1) is 6.92 Å². The number of rotatable bonds is 9. The maximum absolute atomic E-state index is 12.7. The molecule has 1 amide bonds. The van der Waals surface area contributed by atoms with Crippen LogP contribution in [0.2, 0.25) is 0 Å². The van der Waals surface area contributed by atoms with Crippen molar-refractivity contribution in [2.75, 3.05) is 5.32 Å². The fourth-order valence-electron chi connectivity index (χ4n) is 3.68. The van der Waals surface area contributed by atoms with Crippen LogP contribution >= 0.6 is 15.9 Å². The third kappa shape index (κ3) is 6.76. The molecule has 0 saturated heterocycles. The maximum atomic E-state index is 12.7. The second kappa shape index (κ2) is 11.1. The molecule has 5 nitrogen and oxygen atoms in total. The number of hydrogen-bond acceptors (Lipinski definition) is 3. The van der Waals surface area contributed by atoms with Crippen molar-refractivity contribution in [3.8, 4) is 0 Å². The van der Waals surface area contributed by atoms with E-state index >= 15 is 0 Å². The highest BCUT2D eigenvalue weighted by Gasteiger charge is 2.18. The molecule has 1 atom stereocenters. The average molecular weight is 530 g/mol. The lowest BCUT2D eigenvalue weighted by Gasteiger charge is -2.15. The highest BCUT2D eigenvalue weighted by Crippen LogP contribution is 2.26. The minimum atomic E-state index is -3.65. The number of benzene rings is 3. The Morgan fingerprint density at radius 2 is 1.70 bits per heavy atom. The number of halogens is 1. The van der Waals surface area contributed by atoms with Crippen LogP contribution in [-0.2, 0) is 27.7 Å². The highest BCUT2D eigenvalue weighted by molar-refractivity contribution is 9.10. The molecule has 3 aromatic carbocycles. The third-order valence-corrected chi connectivity index (χ3v) is 7.55. The van der Waals surface area contributed by atoms with E-state index in [2.05, 4.69) is 32.9 Å². The van der Waals surface area contributed by atoms with Gasteiger partial charge in [0, 0.05) is 22.6 Å². The number of amides is 1. The number of carbonyl (C=O) groups excluding carboxylic acids is 1. The van der Waals surface area contributed by atoms with E-state index in [0.717, 1.165) is 38.8 Å². The molecule has 174 valence electrons. The van der Waals surface area contributed by atoms with E-state index in [1.165, 1.54) is 0 Å². The zero-order chi connectivity index (χ0) is 24.0. The Labute approximate surface area is 204 Å². The van der Waals surface area contributed by atoms with Gasteiger partial charge in [0.15, 0.2) is 0 Å². The molecule has 0 aliphatic rings. The first kappa shape index (κ1) is 25.1. The van der Waals surface area contributed by atoms with Crippen molar-refractivity contribution in [3.63, 3.8) is 0 Å². The number of anilines is 1. The number of hydrogen-bond donors (Lipinski definition) is 2. The van der Waals surface area contributed by atoms with Gasteiger partial charge in [0.05, 0.1) is 4.90 Å². The van der Waals surface area contributed by atoms with Gasteiger partial charge in [-0.15, -0.1) is 0 Å². The van der Waals surface area contributed by atoms with E-state index in [4.69, 9.17) is 0 Å². The van der Waals surface area contributed by atoms with Gasteiger partial charge in [-0.25, -0.2) is 13.1 Å². The minimum Gasteiger partial charge on any atom is -0.326 e. The molecule has 0 heterocycles. The first-order chi connectivity index (χ1) is 15.7. The Kier molecular flexibility index (Phi) is 8.46. The Balaban J connectivity index is 1.60. The molecule has 0 unspecified atom stereocenters. The molecule has 0 aliphatic carbocycles. The monoisotopic (exact) mass is 528 g/mol. The largest absolute Gasteiger partial charge is 0.326 e. The smallest absolute Gasteiger partial charge is 0.241 e. The fourth-order valence-corrected chi connectivity index (χ4v) is 5.53. The number of sulfonamides is 1. The molecule has 3 aromatic rings. The number of aryl methyl sites for hydroxylation is 3. The summed E-state index contributed by atoms with van der Waals surface area (Å²) in [6.07, 6.45) is 1.66. The summed E-state index contributed by atoms with van der Waals surface area (Å²) in [6, 6.07) is 19.8. The van der Waals surface area contributed by atoms with Gasteiger partial charge in [-0.2, -0.15) is 0 Å². The molecular weight excluding hydrogens is 500 g/mol. The van der Waals surface area contributed by atoms with Crippen molar-refractivity contribution in [2.24, 2.45) is 0 Å². The second-order valence-corrected chi connectivity index (χ2v) is 10.7. The lowest BCUT2D eigenvalue weighted by molar-refractivity contribution is -0.116.